The molecule has 7 heteroatoms. The quantitative estimate of drug-likeness (QED) is 0.858. The van der Waals surface area contributed by atoms with E-state index in [1.54, 1.807) is 17.0 Å². The van der Waals surface area contributed by atoms with Gasteiger partial charge in [-0.1, -0.05) is 0 Å². The van der Waals surface area contributed by atoms with Crippen LogP contribution in [0.4, 0.5) is 0 Å². The van der Waals surface area contributed by atoms with Crippen LogP contribution in [-0.2, 0) is 6.54 Å². The molecule has 1 saturated carbocycles. The Labute approximate surface area is 137 Å². The summed E-state index contributed by atoms with van der Waals surface area (Å²) in [7, 11) is 0. The van der Waals surface area contributed by atoms with Gasteiger partial charge in [-0.15, -0.1) is 11.3 Å². The molecule has 1 saturated heterocycles. The minimum Gasteiger partial charge on any atom is -0.332 e. The van der Waals surface area contributed by atoms with Crippen molar-refractivity contribution in [2.45, 2.75) is 44.2 Å². The van der Waals surface area contributed by atoms with Gasteiger partial charge in [-0.3, -0.25) is 9.59 Å². The average molecular weight is 330 g/mol. The second-order valence-electron chi connectivity index (χ2n) is 6.22. The van der Waals surface area contributed by atoms with E-state index in [9.17, 15) is 9.59 Å². The smallest absolute Gasteiger partial charge is 0.273 e. The van der Waals surface area contributed by atoms with Crippen LogP contribution in [0.2, 0.25) is 0 Å². The van der Waals surface area contributed by atoms with Crippen molar-refractivity contribution in [3.8, 4) is 0 Å². The largest absolute Gasteiger partial charge is 0.332 e. The zero-order chi connectivity index (χ0) is 15.8. The first-order valence-corrected chi connectivity index (χ1v) is 8.94. The van der Waals surface area contributed by atoms with E-state index in [4.69, 9.17) is 0 Å². The lowest BCUT2D eigenvalue weighted by Gasteiger charge is -2.24. The number of hydrogen-bond donors (Lipinski definition) is 0. The second kappa shape index (κ2) is 5.88. The number of rotatable bonds is 4. The van der Waals surface area contributed by atoms with Gasteiger partial charge in [0.05, 0.1) is 23.8 Å². The predicted octanol–water partition coefficient (Wildman–Crippen LogP) is 1.88. The first-order valence-electron chi connectivity index (χ1n) is 7.99. The molecule has 1 unspecified atom stereocenters. The first-order chi connectivity index (χ1) is 11.2. The Hall–Kier alpha value is -2.02. The van der Waals surface area contributed by atoms with Gasteiger partial charge < -0.3 is 4.90 Å². The molecule has 6 nitrogen and oxygen atoms in total. The minimum atomic E-state index is -0.0950. The van der Waals surface area contributed by atoms with Crippen LogP contribution in [0.1, 0.15) is 47.8 Å². The molecule has 1 aliphatic carbocycles. The number of amides is 1. The van der Waals surface area contributed by atoms with Gasteiger partial charge in [-0.05, 0) is 31.7 Å². The van der Waals surface area contributed by atoms with Crippen molar-refractivity contribution in [2.24, 2.45) is 0 Å². The van der Waals surface area contributed by atoms with E-state index < -0.39 is 0 Å². The highest BCUT2D eigenvalue weighted by atomic mass is 32.1. The Balaban J connectivity index is 1.54. The summed E-state index contributed by atoms with van der Waals surface area (Å²) >= 11 is 1.42. The summed E-state index contributed by atoms with van der Waals surface area (Å²) in [6.45, 7) is 1.19. The molecular formula is C16H18N4O2S. The topological polar surface area (TPSA) is 68.1 Å². The van der Waals surface area contributed by atoms with Gasteiger partial charge in [0, 0.05) is 23.9 Å². The molecule has 0 aromatic carbocycles. The summed E-state index contributed by atoms with van der Waals surface area (Å²) in [5, 5.41) is 6.28. The molecular weight excluding hydrogens is 312 g/mol. The van der Waals surface area contributed by atoms with Crippen molar-refractivity contribution < 1.29 is 4.79 Å². The molecule has 1 atom stereocenters. The SMILES string of the molecule is O=C(c1cscn1)N1CCCC1Cn1nc(C2CC2)ccc1=O. The average Bonchev–Trinajstić information content (AvgIpc) is 3.08. The highest BCUT2D eigenvalue weighted by molar-refractivity contribution is 7.07. The van der Waals surface area contributed by atoms with Crippen molar-refractivity contribution in [3.63, 3.8) is 0 Å². The zero-order valence-corrected chi connectivity index (χ0v) is 13.5. The number of likely N-dealkylation sites (tertiary alicyclic amines) is 1. The number of nitrogens with zero attached hydrogens (tertiary/aromatic N) is 4. The van der Waals surface area contributed by atoms with E-state index in [0.29, 0.717) is 18.2 Å². The Morgan fingerprint density at radius 3 is 2.91 bits per heavy atom. The van der Waals surface area contributed by atoms with Crippen LogP contribution >= 0.6 is 11.3 Å². The summed E-state index contributed by atoms with van der Waals surface area (Å²) in [6, 6.07) is 3.45. The van der Waals surface area contributed by atoms with E-state index >= 15 is 0 Å². The maximum Gasteiger partial charge on any atom is 0.273 e. The van der Waals surface area contributed by atoms with Crippen LogP contribution in [0, 0.1) is 0 Å². The van der Waals surface area contributed by atoms with Gasteiger partial charge >= 0.3 is 0 Å². The van der Waals surface area contributed by atoms with Crippen LogP contribution in [0.3, 0.4) is 0 Å². The number of carbonyl (C=O) groups is 1. The molecule has 23 heavy (non-hydrogen) atoms. The van der Waals surface area contributed by atoms with Crippen molar-refractivity contribution in [1.82, 2.24) is 19.7 Å². The Morgan fingerprint density at radius 2 is 2.17 bits per heavy atom. The van der Waals surface area contributed by atoms with Gasteiger partial charge in [0.1, 0.15) is 5.69 Å². The van der Waals surface area contributed by atoms with E-state index in [0.717, 1.165) is 37.9 Å². The molecule has 2 aromatic rings. The summed E-state index contributed by atoms with van der Waals surface area (Å²) < 4.78 is 1.53. The standard InChI is InChI=1S/C16H18N4O2S/c21-15-6-5-13(11-3-4-11)18-20(15)8-12-2-1-7-19(12)16(22)14-9-23-10-17-14/h5-6,9-12H,1-4,7-8H2. The zero-order valence-electron chi connectivity index (χ0n) is 12.7. The summed E-state index contributed by atoms with van der Waals surface area (Å²) in [5.74, 6) is 0.471. The fraction of sp³-hybridized carbons (Fsp3) is 0.500. The molecule has 2 aliphatic rings. The summed E-state index contributed by atoms with van der Waals surface area (Å²) in [4.78, 5) is 30.6. The Kier molecular flexibility index (Phi) is 3.72. The molecule has 1 aliphatic heterocycles. The van der Waals surface area contributed by atoms with Crippen molar-refractivity contribution in [1.29, 1.82) is 0 Å². The van der Waals surface area contributed by atoms with E-state index in [2.05, 4.69) is 10.1 Å². The molecule has 0 N–H and O–H groups in total. The Morgan fingerprint density at radius 1 is 1.30 bits per heavy atom. The van der Waals surface area contributed by atoms with Crippen LogP contribution in [0.25, 0.3) is 0 Å². The van der Waals surface area contributed by atoms with Gasteiger partial charge in [0.15, 0.2) is 0 Å². The number of carbonyl (C=O) groups excluding carboxylic acids is 1. The maximum absolute atomic E-state index is 12.5. The summed E-state index contributed by atoms with van der Waals surface area (Å²) in [6.07, 6.45) is 4.17. The lowest BCUT2D eigenvalue weighted by molar-refractivity contribution is 0.0715. The van der Waals surface area contributed by atoms with Gasteiger partial charge in [-0.2, -0.15) is 5.10 Å². The number of aromatic nitrogens is 3. The minimum absolute atomic E-state index is 0.0175. The van der Waals surface area contributed by atoms with Gasteiger partial charge in [0.2, 0.25) is 0 Å². The van der Waals surface area contributed by atoms with Crippen molar-refractivity contribution in [3.05, 3.63) is 44.8 Å². The third-order valence-electron chi connectivity index (χ3n) is 4.56. The highest BCUT2D eigenvalue weighted by Gasteiger charge is 2.31. The summed E-state index contributed by atoms with van der Waals surface area (Å²) in [5.41, 5.74) is 3.07. The lowest BCUT2D eigenvalue weighted by atomic mass is 10.2. The number of thiazole rings is 1. The third-order valence-corrected chi connectivity index (χ3v) is 5.14. The normalized spacial score (nSPS) is 20.9. The molecule has 120 valence electrons. The molecule has 0 bridgehead atoms. The predicted molar refractivity (Wildman–Crippen MR) is 86.6 cm³/mol. The molecule has 0 spiro atoms. The van der Waals surface area contributed by atoms with E-state index in [1.807, 2.05) is 11.0 Å². The maximum atomic E-state index is 12.5. The fourth-order valence-corrected chi connectivity index (χ4v) is 3.68. The van der Waals surface area contributed by atoms with Crippen LogP contribution in [0.5, 0.6) is 0 Å². The first kappa shape index (κ1) is 14.6. The van der Waals surface area contributed by atoms with Crippen LogP contribution in [-0.4, -0.2) is 38.2 Å². The van der Waals surface area contributed by atoms with E-state index in [1.165, 1.54) is 16.0 Å². The third kappa shape index (κ3) is 2.93. The molecule has 0 radical (unpaired) electrons. The Bertz CT molecular complexity index is 767. The molecule has 4 rings (SSSR count). The van der Waals surface area contributed by atoms with Crippen LogP contribution < -0.4 is 5.56 Å². The fourth-order valence-electron chi connectivity index (χ4n) is 3.15. The van der Waals surface area contributed by atoms with E-state index in [-0.39, 0.29) is 17.5 Å². The molecule has 2 aromatic heterocycles. The van der Waals surface area contributed by atoms with Gasteiger partial charge in [-0.25, -0.2) is 9.67 Å². The van der Waals surface area contributed by atoms with Gasteiger partial charge in [0.25, 0.3) is 11.5 Å². The lowest BCUT2D eigenvalue weighted by Crippen LogP contribution is -2.40. The number of hydrogen-bond acceptors (Lipinski definition) is 5. The van der Waals surface area contributed by atoms with Crippen molar-refractivity contribution >= 4 is 17.2 Å². The monoisotopic (exact) mass is 330 g/mol. The molecule has 2 fully saturated rings. The highest BCUT2D eigenvalue weighted by Crippen LogP contribution is 2.38. The molecule has 3 heterocycles. The van der Waals surface area contributed by atoms with Crippen molar-refractivity contribution in [2.75, 3.05) is 6.54 Å². The molecule has 1 amide bonds. The second-order valence-corrected chi connectivity index (χ2v) is 6.94. The van der Waals surface area contributed by atoms with Crippen LogP contribution in [0.15, 0.2) is 27.8 Å².